The summed E-state index contributed by atoms with van der Waals surface area (Å²) >= 11 is 0. The van der Waals surface area contributed by atoms with Crippen molar-refractivity contribution in [2.45, 2.75) is 40.2 Å². The SMILES string of the molecule is CCOc1cc(C(=O)N2CCC(C(=O)O)C2C)cc(OCC)c1OCC. The van der Waals surface area contributed by atoms with E-state index in [1.165, 1.54) is 0 Å². The van der Waals surface area contributed by atoms with Gasteiger partial charge >= 0.3 is 5.97 Å². The van der Waals surface area contributed by atoms with Gasteiger partial charge in [-0.3, -0.25) is 9.59 Å². The predicted molar refractivity (Wildman–Crippen MR) is 96.2 cm³/mol. The minimum absolute atomic E-state index is 0.230. The molecule has 0 aromatic heterocycles. The number of aliphatic carboxylic acids is 1. The zero-order chi connectivity index (χ0) is 19.3. The van der Waals surface area contributed by atoms with E-state index in [0.29, 0.717) is 55.6 Å². The average Bonchev–Trinajstić information content (AvgIpc) is 2.99. The first-order chi connectivity index (χ1) is 12.4. The molecule has 2 unspecified atom stereocenters. The standard InChI is InChI=1S/C19H27NO6/c1-5-24-15-10-13(11-16(25-6-2)17(15)26-7-3)18(21)20-9-8-14(12(20)4)19(22)23/h10-12,14H,5-9H2,1-4H3,(H,22,23). The van der Waals surface area contributed by atoms with Crippen molar-refractivity contribution in [2.24, 2.45) is 5.92 Å². The lowest BCUT2D eigenvalue weighted by Gasteiger charge is -2.24. The molecule has 1 saturated heterocycles. The number of benzene rings is 1. The van der Waals surface area contributed by atoms with Crippen molar-refractivity contribution in [2.75, 3.05) is 26.4 Å². The second-order valence-corrected chi connectivity index (χ2v) is 6.07. The first-order valence-electron chi connectivity index (χ1n) is 9.04. The van der Waals surface area contributed by atoms with Crippen molar-refractivity contribution < 1.29 is 28.9 Å². The van der Waals surface area contributed by atoms with Gasteiger partial charge in [-0.1, -0.05) is 0 Å². The summed E-state index contributed by atoms with van der Waals surface area (Å²) in [5.74, 6) is -0.267. The third-order valence-corrected chi connectivity index (χ3v) is 4.49. The second-order valence-electron chi connectivity index (χ2n) is 6.07. The summed E-state index contributed by atoms with van der Waals surface area (Å²) in [6, 6.07) is 2.91. The highest BCUT2D eigenvalue weighted by Crippen LogP contribution is 2.40. The maximum absolute atomic E-state index is 13.0. The second kappa shape index (κ2) is 8.78. The lowest BCUT2D eigenvalue weighted by Crippen LogP contribution is -2.37. The Labute approximate surface area is 153 Å². The zero-order valence-corrected chi connectivity index (χ0v) is 15.8. The van der Waals surface area contributed by atoms with Gasteiger partial charge in [0.15, 0.2) is 11.5 Å². The van der Waals surface area contributed by atoms with E-state index in [4.69, 9.17) is 14.2 Å². The van der Waals surface area contributed by atoms with Crippen LogP contribution in [0.25, 0.3) is 0 Å². The molecular formula is C19H27NO6. The van der Waals surface area contributed by atoms with Gasteiger partial charge < -0.3 is 24.2 Å². The summed E-state index contributed by atoms with van der Waals surface area (Å²) in [7, 11) is 0. The van der Waals surface area contributed by atoms with Gasteiger partial charge in [0.1, 0.15) is 0 Å². The third kappa shape index (κ3) is 4.03. The van der Waals surface area contributed by atoms with Crippen LogP contribution in [0.15, 0.2) is 12.1 Å². The number of carbonyl (C=O) groups is 2. The maximum atomic E-state index is 13.0. The molecule has 7 heteroatoms. The highest BCUT2D eigenvalue weighted by Gasteiger charge is 2.38. The van der Waals surface area contributed by atoms with Crippen LogP contribution in [0.5, 0.6) is 17.2 Å². The number of nitrogens with zero attached hydrogens (tertiary/aromatic N) is 1. The Morgan fingerprint density at radius 2 is 1.62 bits per heavy atom. The van der Waals surface area contributed by atoms with Crippen molar-refractivity contribution in [1.82, 2.24) is 4.90 Å². The van der Waals surface area contributed by atoms with Crippen LogP contribution in [-0.4, -0.2) is 54.3 Å². The van der Waals surface area contributed by atoms with Crippen molar-refractivity contribution in [3.8, 4) is 17.2 Å². The number of carboxylic acid groups (broad SMARTS) is 1. The van der Waals surface area contributed by atoms with Gasteiger partial charge in [-0.25, -0.2) is 0 Å². The number of rotatable bonds is 8. The van der Waals surface area contributed by atoms with Gasteiger partial charge in [0.05, 0.1) is 25.7 Å². The van der Waals surface area contributed by atoms with E-state index in [-0.39, 0.29) is 11.9 Å². The Hall–Kier alpha value is -2.44. The summed E-state index contributed by atoms with van der Waals surface area (Å²) in [6.07, 6.45) is 0.454. The van der Waals surface area contributed by atoms with Crippen LogP contribution in [-0.2, 0) is 4.79 Å². The summed E-state index contributed by atoms with van der Waals surface area (Å²) < 4.78 is 16.9. The van der Waals surface area contributed by atoms with E-state index in [1.54, 1.807) is 24.0 Å². The fourth-order valence-corrected chi connectivity index (χ4v) is 3.23. The molecule has 1 aliphatic rings. The van der Waals surface area contributed by atoms with E-state index >= 15 is 0 Å². The fraction of sp³-hybridized carbons (Fsp3) is 0.579. The lowest BCUT2D eigenvalue weighted by molar-refractivity contribution is -0.142. The molecule has 1 heterocycles. The van der Waals surface area contributed by atoms with E-state index in [1.807, 2.05) is 20.8 Å². The van der Waals surface area contributed by atoms with Crippen LogP contribution in [0.1, 0.15) is 44.5 Å². The van der Waals surface area contributed by atoms with Crippen LogP contribution in [0.4, 0.5) is 0 Å². The summed E-state index contributed by atoms with van der Waals surface area (Å²) in [6.45, 7) is 9.03. The number of carbonyl (C=O) groups excluding carboxylic acids is 1. The molecule has 0 radical (unpaired) electrons. The topological polar surface area (TPSA) is 85.3 Å². The molecule has 1 fully saturated rings. The van der Waals surface area contributed by atoms with Crippen molar-refractivity contribution in [3.05, 3.63) is 17.7 Å². The van der Waals surface area contributed by atoms with E-state index in [9.17, 15) is 14.7 Å². The number of ether oxygens (including phenoxy) is 3. The Bertz CT molecular complexity index is 632. The smallest absolute Gasteiger partial charge is 0.308 e. The fourth-order valence-electron chi connectivity index (χ4n) is 3.23. The molecule has 0 bridgehead atoms. The van der Waals surface area contributed by atoms with E-state index in [2.05, 4.69) is 0 Å². The quantitative estimate of drug-likeness (QED) is 0.762. The van der Waals surface area contributed by atoms with Gasteiger partial charge in [-0.2, -0.15) is 0 Å². The molecule has 2 rings (SSSR count). The van der Waals surface area contributed by atoms with Crippen molar-refractivity contribution in [1.29, 1.82) is 0 Å². The Morgan fingerprint density at radius 1 is 1.08 bits per heavy atom. The number of carboxylic acids is 1. The first kappa shape index (κ1) is 19.9. The molecule has 0 spiro atoms. The Balaban J connectivity index is 2.39. The van der Waals surface area contributed by atoms with Crippen molar-refractivity contribution in [3.63, 3.8) is 0 Å². The largest absolute Gasteiger partial charge is 0.490 e. The molecule has 0 aliphatic carbocycles. The first-order valence-corrected chi connectivity index (χ1v) is 9.04. The summed E-state index contributed by atoms with van der Waals surface area (Å²) in [5, 5.41) is 9.28. The summed E-state index contributed by atoms with van der Waals surface area (Å²) in [5.41, 5.74) is 0.401. The Kier molecular flexibility index (Phi) is 6.71. The molecule has 0 saturated carbocycles. The minimum atomic E-state index is -0.871. The molecule has 1 aliphatic heterocycles. The Morgan fingerprint density at radius 3 is 2.04 bits per heavy atom. The number of likely N-dealkylation sites (tertiary alicyclic amines) is 1. The molecule has 26 heavy (non-hydrogen) atoms. The highest BCUT2D eigenvalue weighted by atomic mass is 16.5. The third-order valence-electron chi connectivity index (χ3n) is 4.49. The maximum Gasteiger partial charge on any atom is 0.308 e. The van der Waals surface area contributed by atoms with Gasteiger partial charge in [0.2, 0.25) is 5.75 Å². The molecule has 1 N–H and O–H groups in total. The summed E-state index contributed by atoms with van der Waals surface area (Å²) in [4.78, 5) is 25.9. The van der Waals surface area contributed by atoms with Crippen LogP contribution in [0.2, 0.25) is 0 Å². The van der Waals surface area contributed by atoms with E-state index < -0.39 is 11.9 Å². The average molecular weight is 365 g/mol. The molecular weight excluding hydrogens is 338 g/mol. The van der Waals surface area contributed by atoms with Gasteiger partial charge in [-0.15, -0.1) is 0 Å². The molecule has 1 amide bonds. The molecule has 1 aromatic carbocycles. The van der Waals surface area contributed by atoms with Crippen LogP contribution in [0, 0.1) is 5.92 Å². The molecule has 2 atom stereocenters. The monoisotopic (exact) mass is 365 g/mol. The number of hydrogen-bond acceptors (Lipinski definition) is 5. The van der Waals surface area contributed by atoms with Gasteiger partial charge in [0, 0.05) is 18.2 Å². The van der Waals surface area contributed by atoms with Crippen LogP contribution >= 0.6 is 0 Å². The van der Waals surface area contributed by atoms with Crippen molar-refractivity contribution >= 4 is 11.9 Å². The van der Waals surface area contributed by atoms with E-state index in [0.717, 1.165) is 0 Å². The minimum Gasteiger partial charge on any atom is -0.490 e. The van der Waals surface area contributed by atoms with Crippen LogP contribution < -0.4 is 14.2 Å². The number of hydrogen-bond donors (Lipinski definition) is 1. The zero-order valence-electron chi connectivity index (χ0n) is 15.8. The van der Waals surface area contributed by atoms with Gasteiger partial charge in [-0.05, 0) is 46.2 Å². The molecule has 144 valence electrons. The molecule has 7 nitrogen and oxygen atoms in total. The van der Waals surface area contributed by atoms with Crippen LogP contribution in [0.3, 0.4) is 0 Å². The predicted octanol–water partition coefficient (Wildman–Crippen LogP) is 2.82. The lowest BCUT2D eigenvalue weighted by atomic mass is 10.0. The van der Waals surface area contributed by atoms with Gasteiger partial charge in [0.25, 0.3) is 5.91 Å². The number of amides is 1. The molecule has 1 aromatic rings. The normalized spacial score (nSPS) is 19.3. The highest BCUT2D eigenvalue weighted by molar-refractivity contribution is 5.96.